The molecular weight excluding hydrogens is 350 g/mol. The smallest absolute Gasteiger partial charge is 0.263 e. The summed E-state index contributed by atoms with van der Waals surface area (Å²) in [6.45, 7) is 0.451. The monoisotopic (exact) mass is 361 g/mol. The van der Waals surface area contributed by atoms with E-state index >= 15 is 0 Å². The molecule has 1 amide bonds. The van der Waals surface area contributed by atoms with Crippen molar-refractivity contribution in [2.45, 2.75) is 6.54 Å². The lowest BCUT2D eigenvalue weighted by molar-refractivity contribution is 0.0956. The molecular formula is C15H12BrN3OS. The minimum atomic E-state index is -0.163. The Morgan fingerprint density at radius 2 is 2.14 bits per heavy atom. The first kappa shape index (κ1) is 14.0. The van der Waals surface area contributed by atoms with Gasteiger partial charge in [0.1, 0.15) is 4.88 Å². The predicted octanol–water partition coefficient (Wildman–Crippen LogP) is 3.57. The summed E-state index contributed by atoms with van der Waals surface area (Å²) in [5.74, 6) is -0.163. The highest BCUT2D eigenvalue weighted by atomic mass is 79.9. The molecule has 2 aromatic heterocycles. The fourth-order valence-corrected chi connectivity index (χ4v) is 3.47. The van der Waals surface area contributed by atoms with Crippen molar-refractivity contribution in [1.82, 2.24) is 10.3 Å². The predicted molar refractivity (Wildman–Crippen MR) is 89.3 cm³/mol. The molecule has 3 rings (SSSR count). The van der Waals surface area contributed by atoms with Gasteiger partial charge in [-0.05, 0) is 17.7 Å². The fourth-order valence-electron chi connectivity index (χ4n) is 2.04. The van der Waals surface area contributed by atoms with Crippen LogP contribution in [0.2, 0.25) is 0 Å². The van der Waals surface area contributed by atoms with Crippen molar-refractivity contribution >= 4 is 48.9 Å². The quantitative estimate of drug-likeness (QED) is 0.749. The van der Waals surface area contributed by atoms with Crippen LogP contribution in [0.15, 0.2) is 47.2 Å². The maximum atomic E-state index is 12.3. The summed E-state index contributed by atoms with van der Waals surface area (Å²) >= 11 is 4.82. The van der Waals surface area contributed by atoms with Gasteiger partial charge in [-0.15, -0.1) is 11.3 Å². The molecule has 0 fully saturated rings. The van der Waals surface area contributed by atoms with E-state index in [1.54, 1.807) is 12.4 Å². The molecule has 106 valence electrons. The molecule has 6 heteroatoms. The summed E-state index contributed by atoms with van der Waals surface area (Å²) in [5.41, 5.74) is 7.59. The average Bonchev–Trinajstić information content (AvgIpc) is 2.84. The molecule has 0 aliphatic carbocycles. The summed E-state index contributed by atoms with van der Waals surface area (Å²) in [6.07, 6.45) is 3.40. The van der Waals surface area contributed by atoms with Crippen molar-refractivity contribution < 1.29 is 4.79 Å². The van der Waals surface area contributed by atoms with Crippen LogP contribution in [0.4, 0.5) is 5.69 Å². The number of anilines is 1. The number of thiophene rings is 1. The number of carbonyl (C=O) groups is 1. The number of nitrogens with one attached hydrogen (secondary N) is 1. The van der Waals surface area contributed by atoms with Gasteiger partial charge in [-0.1, -0.05) is 34.1 Å². The number of nitrogens with two attached hydrogens (primary N) is 1. The van der Waals surface area contributed by atoms with Gasteiger partial charge in [0.05, 0.1) is 10.4 Å². The zero-order chi connectivity index (χ0) is 14.8. The molecule has 21 heavy (non-hydrogen) atoms. The Balaban J connectivity index is 1.81. The normalized spacial score (nSPS) is 10.7. The summed E-state index contributed by atoms with van der Waals surface area (Å²) in [5, 5.41) is 3.77. The molecule has 0 atom stereocenters. The van der Waals surface area contributed by atoms with Gasteiger partial charge in [-0.25, -0.2) is 0 Å². The fraction of sp³-hybridized carbons (Fsp3) is 0.0667. The highest BCUT2D eigenvalue weighted by Crippen LogP contribution is 2.32. The van der Waals surface area contributed by atoms with Crippen molar-refractivity contribution in [1.29, 1.82) is 0 Å². The Hall–Kier alpha value is -1.92. The van der Waals surface area contributed by atoms with E-state index in [1.807, 2.05) is 30.3 Å². The standard InChI is InChI=1S/C15H12BrN3OS/c16-11-4-2-1-3-9(11)7-19-15(20)14-13(17)10-5-6-18-8-12(10)21-14/h1-6,8H,7,17H2,(H,19,20). The number of carbonyl (C=O) groups excluding carboxylic acids is 1. The van der Waals surface area contributed by atoms with Gasteiger partial charge in [0.15, 0.2) is 0 Å². The lowest BCUT2D eigenvalue weighted by Crippen LogP contribution is -2.22. The van der Waals surface area contributed by atoms with Crippen LogP contribution in [-0.4, -0.2) is 10.9 Å². The van der Waals surface area contributed by atoms with Crippen LogP contribution in [0.1, 0.15) is 15.2 Å². The topological polar surface area (TPSA) is 68.0 Å². The number of nitrogens with zero attached hydrogens (tertiary/aromatic N) is 1. The maximum absolute atomic E-state index is 12.3. The molecule has 0 aliphatic heterocycles. The van der Waals surface area contributed by atoms with E-state index in [-0.39, 0.29) is 5.91 Å². The van der Waals surface area contributed by atoms with Gasteiger partial charge < -0.3 is 11.1 Å². The molecule has 0 saturated heterocycles. The van der Waals surface area contributed by atoms with E-state index in [2.05, 4.69) is 26.2 Å². The number of benzene rings is 1. The lowest BCUT2D eigenvalue weighted by Gasteiger charge is -2.06. The van der Waals surface area contributed by atoms with Crippen LogP contribution in [0.3, 0.4) is 0 Å². The number of hydrogen-bond donors (Lipinski definition) is 2. The Bertz CT molecular complexity index is 816. The second-order valence-electron chi connectivity index (χ2n) is 4.49. The van der Waals surface area contributed by atoms with E-state index in [9.17, 15) is 4.79 Å². The number of amides is 1. The van der Waals surface area contributed by atoms with Crippen LogP contribution in [0, 0.1) is 0 Å². The summed E-state index contributed by atoms with van der Waals surface area (Å²) < 4.78 is 1.89. The number of pyridine rings is 1. The van der Waals surface area contributed by atoms with Crippen molar-refractivity contribution in [3.63, 3.8) is 0 Å². The van der Waals surface area contributed by atoms with Crippen LogP contribution in [0.5, 0.6) is 0 Å². The Kier molecular flexibility index (Phi) is 3.90. The van der Waals surface area contributed by atoms with Crippen LogP contribution >= 0.6 is 27.3 Å². The summed E-state index contributed by atoms with van der Waals surface area (Å²) in [6, 6.07) is 9.60. The number of aromatic nitrogens is 1. The zero-order valence-electron chi connectivity index (χ0n) is 11.0. The van der Waals surface area contributed by atoms with Gasteiger partial charge in [-0.2, -0.15) is 0 Å². The Morgan fingerprint density at radius 1 is 1.33 bits per heavy atom. The lowest BCUT2D eigenvalue weighted by atomic mass is 10.2. The number of rotatable bonds is 3. The Morgan fingerprint density at radius 3 is 2.90 bits per heavy atom. The van der Waals surface area contributed by atoms with Crippen LogP contribution in [0.25, 0.3) is 10.1 Å². The number of fused-ring (bicyclic) bond motifs is 1. The molecule has 3 N–H and O–H groups in total. The van der Waals surface area contributed by atoms with E-state index in [4.69, 9.17) is 5.73 Å². The Labute approximate surface area is 134 Å². The molecule has 3 aromatic rings. The average molecular weight is 362 g/mol. The molecule has 0 spiro atoms. The molecule has 2 heterocycles. The van der Waals surface area contributed by atoms with E-state index in [0.717, 1.165) is 20.1 Å². The molecule has 0 radical (unpaired) electrons. The van der Waals surface area contributed by atoms with Gasteiger partial charge in [0.25, 0.3) is 5.91 Å². The molecule has 0 unspecified atom stereocenters. The molecule has 0 bridgehead atoms. The zero-order valence-corrected chi connectivity index (χ0v) is 13.4. The third-order valence-electron chi connectivity index (χ3n) is 3.13. The van der Waals surface area contributed by atoms with E-state index < -0.39 is 0 Å². The van der Waals surface area contributed by atoms with Crippen LogP contribution in [-0.2, 0) is 6.54 Å². The highest BCUT2D eigenvalue weighted by Gasteiger charge is 2.16. The van der Waals surface area contributed by atoms with Crippen molar-refractivity contribution in [3.05, 3.63) is 57.6 Å². The largest absolute Gasteiger partial charge is 0.397 e. The number of nitrogen functional groups attached to an aromatic ring is 1. The molecule has 4 nitrogen and oxygen atoms in total. The maximum Gasteiger partial charge on any atom is 0.263 e. The summed E-state index contributed by atoms with van der Waals surface area (Å²) in [4.78, 5) is 16.9. The third kappa shape index (κ3) is 2.77. The third-order valence-corrected chi connectivity index (χ3v) is 5.06. The first-order valence-electron chi connectivity index (χ1n) is 6.30. The van der Waals surface area contributed by atoms with E-state index in [1.165, 1.54) is 11.3 Å². The minimum Gasteiger partial charge on any atom is -0.397 e. The first-order chi connectivity index (χ1) is 10.2. The molecule has 0 saturated carbocycles. The summed E-state index contributed by atoms with van der Waals surface area (Å²) in [7, 11) is 0. The van der Waals surface area contributed by atoms with Crippen molar-refractivity contribution in [2.24, 2.45) is 0 Å². The SMILES string of the molecule is Nc1c(C(=O)NCc2ccccc2Br)sc2cnccc12. The van der Waals surface area contributed by atoms with E-state index in [0.29, 0.717) is 17.1 Å². The van der Waals surface area contributed by atoms with Gasteiger partial charge in [0.2, 0.25) is 0 Å². The number of hydrogen-bond acceptors (Lipinski definition) is 4. The first-order valence-corrected chi connectivity index (χ1v) is 7.91. The second kappa shape index (κ2) is 5.83. The van der Waals surface area contributed by atoms with Gasteiger partial charge in [-0.3, -0.25) is 9.78 Å². The van der Waals surface area contributed by atoms with Gasteiger partial charge >= 0.3 is 0 Å². The molecule has 1 aromatic carbocycles. The number of halogens is 1. The minimum absolute atomic E-state index is 0.163. The highest BCUT2D eigenvalue weighted by molar-refractivity contribution is 9.10. The van der Waals surface area contributed by atoms with Crippen molar-refractivity contribution in [3.8, 4) is 0 Å². The van der Waals surface area contributed by atoms with Crippen molar-refractivity contribution in [2.75, 3.05) is 5.73 Å². The van der Waals surface area contributed by atoms with Crippen LogP contribution < -0.4 is 11.1 Å². The molecule has 0 aliphatic rings. The van der Waals surface area contributed by atoms with Gasteiger partial charge in [0, 0.05) is 28.8 Å². The second-order valence-corrected chi connectivity index (χ2v) is 6.40.